The summed E-state index contributed by atoms with van der Waals surface area (Å²) in [7, 11) is 0. The standard InChI is InChI=1S/C12H15N3O/c16-10-13-7-5-11-4-3-6-14-12(11)15-8-1-2-9-15/h3-4,6H,1-2,5,7-9H2. The van der Waals surface area contributed by atoms with Crippen LogP contribution in [0.25, 0.3) is 0 Å². The molecule has 84 valence electrons. The molecule has 1 aromatic rings. The molecule has 1 fully saturated rings. The van der Waals surface area contributed by atoms with Crippen LogP contribution in [0.5, 0.6) is 0 Å². The number of aliphatic imine (C=N–C) groups is 1. The number of carbonyl (C=O) groups excluding carboxylic acids is 1. The minimum Gasteiger partial charge on any atom is -0.356 e. The number of hydrogen-bond donors (Lipinski definition) is 0. The van der Waals surface area contributed by atoms with Crippen molar-refractivity contribution in [1.29, 1.82) is 0 Å². The van der Waals surface area contributed by atoms with Gasteiger partial charge in [-0.1, -0.05) is 6.07 Å². The molecule has 16 heavy (non-hydrogen) atoms. The van der Waals surface area contributed by atoms with Crippen molar-refractivity contribution in [3.8, 4) is 0 Å². The van der Waals surface area contributed by atoms with Crippen molar-refractivity contribution in [2.24, 2.45) is 4.99 Å². The van der Waals surface area contributed by atoms with E-state index in [4.69, 9.17) is 0 Å². The highest BCUT2D eigenvalue weighted by Gasteiger charge is 2.16. The van der Waals surface area contributed by atoms with E-state index in [1.165, 1.54) is 18.4 Å². The van der Waals surface area contributed by atoms with E-state index in [1.807, 2.05) is 12.3 Å². The van der Waals surface area contributed by atoms with E-state index in [9.17, 15) is 4.79 Å². The molecule has 0 N–H and O–H groups in total. The summed E-state index contributed by atoms with van der Waals surface area (Å²) in [6.07, 6.45) is 6.62. The van der Waals surface area contributed by atoms with Gasteiger partial charge in [-0.25, -0.2) is 14.8 Å². The molecule has 1 aromatic heterocycles. The minimum absolute atomic E-state index is 0.496. The van der Waals surface area contributed by atoms with Crippen molar-refractivity contribution >= 4 is 11.9 Å². The summed E-state index contributed by atoms with van der Waals surface area (Å²) in [6, 6.07) is 3.99. The smallest absolute Gasteiger partial charge is 0.234 e. The Morgan fingerprint density at radius 2 is 2.25 bits per heavy atom. The number of aromatic nitrogens is 1. The van der Waals surface area contributed by atoms with E-state index in [2.05, 4.69) is 20.9 Å². The summed E-state index contributed by atoms with van der Waals surface area (Å²) in [5, 5.41) is 0. The molecule has 0 atom stereocenters. The van der Waals surface area contributed by atoms with Gasteiger partial charge in [-0.15, -0.1) is 0 Å². The van der Waals surface area contributed by atoms with Crippen LogP contribution in [0.4, 0.5) is 5.82 Å². The Hall–Kier alpha value is -1.67. The highest BCUT2D eigenvalue weighted by atomic mass is 16.1. The predicted octanol–water partition coefficient (Wildman–Crippen LogP) is 1.56. The lowest BCUT2D eigenvalue weighted by Crippen LogP contribution is -2.20. The molecule has 0 bridgehead atoms. The van der Waals surface area contributed by atoms with Gasteiger partial charge in [0.1, 0.15) is 5.82 Å². The van der Waals surface area contributed by atoms with Gasteiger partial charge < -0.3 is 4.90 Å². The molecule has 2 rings (SSSR count). The fraction of sp³-hybridized carbons (Fsp3) is 0.500. The number of hydrogen-bond acceptors (Lipinski definition) is 4. The quantitative estimate of drug-likeness (QED) is 0.568. The lowest BCUT2D eigenvalue weighted by atomic mass is 10.2. The molecular weight excluding hydrogens is 202 g/mol. The zero-order valence-corrected chi connectivity index (χ0v) is 9.22. The predicted molar refractivity (Wildman–Crippen MR) is 62.4 cm³/mol. The third-order valence-corrected chi connectivity index (χ3v) is 2.83. The summed E-state index contributed by atoms with van der Waals surface area (Å²) < 4.78 is 0. The summed E-state index contributed by atoms with van der Waals surface area (Å²) in [4.78, 5) is 20.3. The summed E-state index contributed by atoms with van der Waals surface area (Å²) in [5.41, 5.74) is 1.17. The lowest BCUT2D eigenvalue weighted by Gasteiger charge is -2.19. The van der Waals surface area contributed by atoms with Gasteiger partial charge in [0.05, 0.1) is 6.54 Å². The lowest BCUT2D eigenvalue weighted by molar-refractivity contribution is 0.563. The minimum atomic E-state index is 0.496. The Balaban J connectivity index is 2.12. The fourth-order valence-electron chi connectivity index (χ4n) is 2.06. The fourth-order valence-corrected chi connectivity index (χ4v) is 2.06. The third kappa shape index (κ3) is 2.47. The topological polar surface area (TPSA) is 45.6 Å². The van der Waals surface area contributed by atoms with E-state index in [-0.39, 0.29) is 0 Å². The number of rotatable bonds is 4. The van der Waals surface area contributed by atoms with Crippen LogP contribution in [-0.4, -0.2) is 30.7 Å². The first kappa shape index (κ1) is 10.8. The van der Waals surface area contributed by atoms with Crippen molar-refractivity contribution in [3.05, 3.63) is 23.9 Å². The number of anilines is 1. The van der Waals surface area contributed by atoms with Gasteiger partial charge in [-0.2, -0.15) is 0 Å². The van der Waals surface area contributed by atoms with Crippen molar-refractivity contribution < 1.29 is 4.79 Å². The second-order valence-corrected chi connectivity index (χ2v) is 3.90. The van der Waals surface area contributed by atoms with Crippen LogP contribution in [0.2, 0.25) is 0 Å². The van der Waals surface area contributed by atoms with E-state index in [0.29, 0.717) is 6.54 Å². The SMILES string of the molecule is O=C=NCCc1cccnc1N1CCCC1. The van der Waals surface area contributed by atoms with E-state index >= 15 is 0 Å². The molecule has 1 saturated heterocycles. The summed E-state index contributed by atoms with van der Waals surface area (Å²) in [5.74, 6) is 1.06. The molecule has 0 aromatic carbocycles. The van der Waals surface area contributed by atoms with Crippen LogP contribution in [0.1, 0.15) is 18.4 Å². The van der Waals surface area contributed by atoms with Crippen LogP contribution in [0.3, 0.4) is 0 Å². The van der Waals surface area contributed by atoms with Gasteiger partial charge in [0.2, 0.25) is 6.08 Å². The molecule has 0 radical (unpaired) electrons. The Labute approximate surface area is 95.0 Å². The van der Waals surface area contributed by atoms with Crippen LogP contribution in [0, 0.1) is 0 Å². The monoisotopic (exact) mass is 217 g/mol. The molecule has 0 saturated carbocycles. The Morgan fingerprint density at radius 3 is 3.00 bits per heavy atom. The van der Waals surface area contributed by atoms with Gasteiger partial charge in [0.25, 0.3) is 0 Å². The van der Waals surface area contributed by atoms with Gasteiger partial charge in [0.15, 0.2) is 0 Å². The molecule has 4 heteroatoms. The maximum atomic E-state index is 10.0. The maximum Gasteiger partial charge on any atom is 0.234 e. The summed E-state index contributed by atoms with van der Waals surface area (Å²) >= 11 is 0. The molecule has 0 unspecified atom stereocenters. The average Bonchev–Trinajstić information content (AvgIpc) is 2.83. The van der Waals surface area contributed by atoms with Gasteiger partial charge in [0, 0.05) is 19.3 Å². The molecule has 0 spiro atoms. The van der Waals surface area contributed by atoms with Crippen LogP contribution in [-0.2, 0) is 11.2 Å². The first-order chi connectivity index (χ1) is 7.92. The van der Waals surface area contributed by atoms with Crippen molar-refractivity contribution in [3.63, 3.8) is 0 Å². The van der Waals surface area contributed by atoms with Gasteiger partial charge in [-0.05, 0) is 30.9 Å². The largest absolute Gasteiger partial charge is 0.356 e. The molecular formula is C12H15N3O. The van der Waals surface area contributed by atoms with Crippen molar-refractivity contribution in [2.75, 3.05) is 24.5 Å². The molecule has 4 nitrogen and oxygen atoms in total. The zero-order valence-electron chi connectivity index (χ0n) is 9.22. The molecule has 0 amide bonds. The van der Waals surface area contributed by atoms with Gasteiger partial charge in [-0.3, -0.25) is 0 Å². The zero-order chi connectivity index (χ0) is 11.2. The Morgan fingerprint density at radius 1 is 1.44 bits per heavy atom. The first-order valence-corrected chi connectivity index (χ1v) is 5.64. The number of nitrogens with zero attached hydrogens (tertiary/aromatic N) is 3. The van der Waals surface area contributed by atoms with E-state index in [0.717, 1.165) is 25.3 Å². The first-order valence-electron chi connectivity index (χ1n) is 5.64. The second kappa shape index (κ2) is 5.42. The van der Waals surface area contributed by atoms with Crippen molar-refractivity contribution in [1.82, 2.24) is 4.98 Å². The van der Waals surface area contributed by atoms with Gasteiger partial charge >= 0.3 is 0 Å². The Bertz CT molecular complexity index is 393. The van der Waals surface area contributed by atoms with Crippen LogP contribution in [0.15, 0.2) is 23.3 Å². The normalized spacial score (nSPS) is 14.9. The van der Waals surface area contributed by atoms with Crippen LogP contribution < -0.4 is 4.90 Å². The molecule has 0 aliphatic carbocycles. The highest BCUT2D eigenvalue weighted by Crippen LogP contribution is 2.22. The second-order valence-electron chi connectivity index (χ2n) is 3.90. The van der Waals surface area contributed by atoms with Crippen molar-refractivity contribution in [2.45, 2.75) is 19.3 Å². The Kier molecular flexibility index (Phi) is 3.67. The van der Waals surface area contributed by atoms with Crippen LogP contribution >= 0.6 is 0 Å². The van der Waals surface area contributed by atoms with E-state index < -0.39 is 0 Å². The van der Waals surface area contributed by atoms with E-state index in [1.54, 1.807) is 6.08 Å². The molecule has 2 heterocycles. The average molecular weight is 217 g/mol. The maximum absolute atomic E-state index is 10.0. The summed E-state index contributed by atoms with van der Waals surface area (Å²) in [6.45, 7) is 2.66. The third-order valence-electron chi connectivity index (χ3n) is 2.83. The molecule has 1 aliphatic heterocycles. The molecule has 1 aliphatic rings. The number of isocyanates is 1. The number of pyridine rings is 1. The highest BCUT2D eigenvalue weighted by molar-refractivity contribution is 5.47.